The third-order valence-electron chi connectivity index (χ3n) is 3.80. The summed E-state index contributed by atoms with van der Waals surface area (Å²) >= 11 is 0. The van der Waals surface area contributed by atoms with Crippen LogP contribution >= 0.6 is 0 Å². The van der Waals surface area contributed by atoms with E-state index in [1.807, 2.05) is 19.0 Å². The molecule has 0 aliphatic carbocycles. The molecule has 104 valence electrons. The van der Waals surface area contributed by atoms with Gasteiger partial charge in [-0.2, -0.15) is 0 Å². The average molecular weight is 261 g/mol. The fourth-order valence-corrected chi connectivity index (χ4v) is 2.68. The van der Waals surface area contributed by atoms with Crippen LogP contribution in [-0.2, 0) is 4.79 Å². The van der Waals surface area contributed by atoms with Crippen molar-refractivity contribution in [1.29, 1.82) is 0 Å². The fraction of sp³-hybridized carbons (Fsp3) is 0.533. The molecule has 0 bridgehead atoms. The van der Waals surface area contributed by atoms with E-state index in [0.717, 1.165) is 18.8 Å². The molecule has 1 fully saturated rings. The highest BCUT2D eigenvalue weighted by Gasteiger charge is 2.33. The van der Waals surface area contributed by atoms with Crippen LogP contribution in [0.4, 0.5) is 5.69 Å². The Hall–Kier alpha value is -1.39. The SMILES string of the molecule is CNCC1C(=O)N(c2ccc(C)cc2C)CCN1C. The summed E-state index contributed by atoms with van der Waals surface area (Å²) in [5.74, 6) is 0.190. The third-order valence-corrected chi connectivity index (χ3v) is 3.80. The van der Waals surface area contributed by atoms with Gasteiger partial charge in [0.15, 0.2) is 0 Å². The number of nitrogens with one attached hydrogen (secondary N) is 1. The summed E-state index contributed by atoms with van der Waals surface area (Å²) in [6.45, 7) is 6.51. The Morgan fingerprint density at radius 3 is 2.68 bits per heavy atom. The second-order valence-corrected chi connectivity index (χ2v) is 5.33. The van der Waals surface area contributed by atoms with Crippen molar-refractivity contribution in [2.45, 2.75) is 19.9 Å². The first-order valence-electron chi connectivity index (χ1n) is 6.78. The lowest BCUT2D eigenvalue weighted by Gasteiger charge is -2.39. The van der Waals surface area contributed by atoms with Gasteiger partial charge < -0.3 is 10.2 Å². The van der Waals surface area contributed by atoms with Gasteiger partial charge in [0.25, 0.3) is 0 Å². The van der Waals surface area contributed by atoms with Gasteiger partial charge in [0.1, 0.15) is 6.04 Å². The van der Waals surface area contributed by atoms with Crippen LogP contribution < -0.4 is 10.2 Å². The Bertz CT molecular complexity index is 472. The highest BCUT2D eigenvalue weighted by molar-refractivity contribution is 5.98. The largest absolute Gasteiger partial charge is 0.318 e. The van der Waals surface area contributed by atoms with Crippen LogP contribution in [0.2, 0.25) is 0 Å². The predicted octanol–water partition coefficient (Wildman–Crippen LogP) is 1.17. The smallest absolute Gasteiger partial charge is 0.245 e. The summed E-state index contributed by atoms with van der Waals surface area (Å²) in [5.41, 5.74) is 3.44. The summed E-state index contributed by atoms with van der Waals surface area (Å²) in [6, 6.07) is 6.19. The van der Waals surface area contributed by atoms with Crippen LogP contribution in [0.25, 0.3) is 0 Å². The quantitative estimate of drug-likeness (QED) is 0.887. The van der Waals surface area contributed by atoms with E-state index in [0.29, 0.717) is 6.54 Å². The maximum Gasteiger partial charge on any atom is 0.245 e. The van der Waals surface area contributed by atoms with Gasteiger partial charge in [0.05, 0.1) is 0 Å². The molecule has 1 unspecified atom stereocenters. The number of carbonyl (C=O) groups excluding carboxylic acids is 1. The minimum atomic E-state index is -0.0700. The van der Waals surface area contributed by atoms with E-state index in [4.69, 9.17) is 0 Å². The highest BCUT2D eigenvalue weighted by Crippen LogP contribution is 2.24. The molecule has 1 aliphatic rings. The number of hydrogen-bond donors (Lipinski definition) is 1. The zero-order valence-electron chi connectivity index (χ0n) is 12.2. The lowest BCUT2D eigenvalue weighted by Crippen LogP contribution is -2.58. The van der Waals surface area contributed by atoms with E-state index in [-0.39, 0.29) is 11.9 Å². The summed E-state index contributed by atoms with van der Waals surface area (Å²) < 4.78 is 0. The Morgan fingerprint density at radius 2 is 2.05 bits per heavy atom. The van der Waals surface area contributed by atoms with Gasteiger partial charge in [0.2, 0.25) is 5.91 Å². The monoisotopic (exact) mass is 261 g/mol. The molecule has 0 saturated carbocycles. The summed E-state index contributed by atoms with van der Waals surface area (Å²) in [7, 11) is 3.90. The molecule has 1 heterocycles. The van der Waals surface area contributed by atoms with Gasteiger partial charge >= 0.3 is 0 Å². The summed E-state index contributed by atoms with van der Waals surface area (Å²) in [6.07, 6.45) is 0. The number of amides is 1. The lowest BCUT2D eigenvalue weighted by molar-refractivity contribution is -0.125. The topological polar surface area (TPSA) is 35.6 Å². The number of nitrogens with zero attached hydrogens (tertiary/aromatic N) is 2. The molecule has 19 heavy (non-hydrogen) atoms. The highest BCUT2D eigenvalue weighted by atomic mass is 16.2. The molecule has 2 rings (SSSR count). The third kappa shape index (κ3) is 2.80. The van der Waals surface area contributed by atoms with Crippen LogP contribution in [0.5, 0.6) is 0 Å². The first-order valence-corrected chi connectivity index (χ1v) is 6.78. The van der Waals surface area contributed by atoms with E-state index in [2.05, 4.69) is 42.3 Å². The zero-order valence-corrected chi connectivity index (χ0v) is 12.2. The van der Waals surface area contributed by atoms with Crippen LogP contribution in [-0.4, -0.2) is 50.6 Å². The molecule has 0 aromatic heterocycles. The predicted molar refractivity (Wildman–Crippen MR) is 78.6 cm³/mol. The molecule has 1 N–H and O–H groups in total. The maximum atomic E-state index is 12.6. The van der Waals surface area contributed by atoms with Crippen LogP contribution in [0.3, 0.4) is 0 Å². The number of aryl methyl sites for hydroxylation is 2. The molecule has 1 amide bonds. The molecule has 1 saturated heterocycles. The molecular formula is C15H23N3O. The molecule has 1 aromatic carbocycles. The Labute approximate surface area is 115 Å². The van der Waals surface area contributed by atoms with Crippen molar-refractivity contribution in [2.24, 2.45) is 0 Å². The summed E-state index contributed by atoms with van der Waals surface area (Å²) in [4.78, 5) is 16.7. The Morgan fingerprint density at radius 1 is 1.32 bits per heavy atom. The second kappa shape index (κ2) is 5.72. The molecule has 0 spiro atoms. The normalized spacial score (nSPS) is 20.9. The van der Waals surface area contributed by atoms with E-state index >= 15 is 0 Å². The second-order valence-electron chi connectivity index (χ2n) is 5.33. The molecule has 0 radical (unpaired) electrons. The number of carbonyl (C=O) groups is 1. The first kappa shape index (κ1) is 14.0. The average Bonchev–Trinajstić information content (AvgIpc) is 2.36. The molecule has 4 heteroatoms. The number of piperazine rings is 1. The van der Waals surface area contributed by atoms with Crippen molar-refractivity contribution in [3.63, 3.8) is 0 Å². The van der Waals surface area contributed by atoms with E-state index in [9.17, 15) is 4.79 Å². The minimum Gasteiger partial charge on any atom is -0.318 e. The Balaban J connectivity index is 2.27. The maximum absolute atomic E-state index is 12.6. The van der Waals surface area contributed by atoms with Crippen molar-refractivity contribution in [3.8, 4) is 0 Å². The number of likely N-dealkylation sites (N-methyl/N-ethyl adjacent to an activating group) is 2. The van der Waals surface area contributed by atoms with Gasteiger partial charge in [-0.3, -0.25) is 9.69 Å². The molecule has 4 nitrogen and oxygen atoms in total. The van der Waals surface area contributed by atoms with Gasteiger partial charge in [-0.05, 0) is 39.6 Å². The van der Waals surface area contributed by atoms with Crippen LogP contribution in [0.15, 0.2) is 18.2 Å². The summed E-state index contributed by atoms with van der Waals surface area (Å²) in [5, 5.41) is 3.10. The van der Waals surface area contributed by atoms with Crippen molar-refractivity contribution in [1.82, 2.24) is 10.2 Å². The number of hydrogen-bond acceptors (Lipinski definition) is 3. The first-order chi connectivity index (χ1) is 9.04. The van der Waals surface area contributed by atoms with E-state index in [1.54, 1.807) is 0 Å². The van der Waals surface area contributed by atoms with Crippen LogP contribution in [0.1, 0.15) is 11.1 Å². The lowest BCUT2D eigenvalue weighted by atomic mass is 10.1. The number of benzene rings is 1. The van der Waals surface area contributed by atoms with Crippen LogP contribution in [0, 0.1) is 13.8 Å². The van der Waals surface area contributed by atoms with Crippen molar-refractivity contribution in [3.05, 3.63) is 29.3 Å². The van der Waals surface area contributed by atoms with Crippen molar-refractivity contribution >= 4 is 11.6 Å². The van der Waals surface area contributed by atoms with Gasteiger partial charge in [-0.25, -0.2) is 0 Å². The van der Waals surface area contributed by atoms with Gasteiger partial charge in [-0.15, -0.1) is 0 Å². The minimum absolute atomic E-state index is 0.0700. The molecule has 1 aliphatic heterocycles. The fourth-order valence-electron chi connectivity index (χ4n) is 2.68. The van der Waals surface area contributed by atoms with Crippen molar-refractivity contribution < 1.29 is 4.79 Å². The van der Waals surface area contributed by atoms with Gasteiger partial charge in [-0.1, -0.05) is 17.7 Å². The Kier molecular flexibility index (Phi) is 4.22. The van der Waals surface area contributed by atoms with Gasteiger partial charge in [0, 0.05) is 25.3 Å². The standard InChI is InChI=1S/C15H23N3O/c1-11-5-6-13(12(2)9-11)18-8-7-17(4)14(10-16-3)15(18)19/h5-6,9,14,16H,7-8,10H2,1-4H3. The van der Waals surface area contributed by atoms with E-state index in [1.165, 1.54) is 11.1 Å². The van der Waals surface area contributed by atoms with Crippen molar-refractivity contribution in [2.75, 3.05) is 38.6 Å². The number of anilines is 1. The van der Waals surface area contributed by atoms with E-state index < -0.39 is 0 Å². The zero-order chi connectivity index (χ0) is 14.0. The molecular weight excluding hydrogens is 238 g/mol. The molecule has 1 atom stereocenters. The number of rotatable bonds is 3. The molecule has 1 aromatic rings.